The van der Waals surface area contributed by atoms with Crippen LogP contribution in [0.25, 0.3) is 11.0 Å². The van der Waals surface area contributed by atoms with Gasteiger partial charge in [-0.1, -0.05) is 45.0 Å². The molecule has 1 amide bonds. The Morgan fingerprint density at radius 1 is 1.10 bits per heavy atom. The molecule has 0 aliphatic carbocycles. The number of aromatic amines is 1. The third-order valence-corrected chi connectivity index (χ3v) is 6.13. The van der Waals surface area contributed by atoms with Crippen LogP contribution in [0, 0.1) is 0 Å². The first-order valence-corrected chi connectivity index (χ1v) is 10.7. The SMILES string of the molecule is CC(C)(C)c1ccc(CC(=O)N2CCN(c3ncnc4[nH]cc(Br)c34)CC2)cc1. The van der Waals surface area contributed by atoms with Crippen molar-refractivity contribution >= 4 is 38.7 Å². The molecule has 1 aliphatic rings. The molecule has 6 nitrogen and oxygen atoms in total. The summed E-state index contributed by atoms with van der Waals surface area (Å²) in [6.45, 7) is 9.52. The Labute approximate surface area is 179 Å². The Balaban J connectivity index is 1.39. The van der Waals surface area contributed by atoms with E-state index >= 15 is 0 Å². The minimum absolute atomic E-state index is 0.125. The number of hydrogen-bond acceptors (Lipinski definition) is 4. The number of amides is 1. The quantitative estimate of drug-likeness (QED) is 0.649. The maximum Gasteiger partial charge on any atom is 0.227 e. The molecule has 0 radical (unpaired) electrons. The number of benzene rings is 1. The Morgan fingerprint density at radius 2 is 1.79 bits per heavy atom. The minimum Gasteiger partial charge on any atom is -0.352 e. The van der Waals surface area contributed by atoms with Crippen molar-refractivity contribution in [2.24, 2.45) is 0 Å². The fraction of sp³-hybridized carbons (Fsp3) is 0.409. The normalized spacial score (nSPS) is 15.2. The fourth-order valence-electron chi connectivity index (χ4n) is 3.73. The molecule has 152 valence electrons. The van der Waals surface area contributed by atoms with Crippen LogP contribution >= 0.6 is 15.9 Å². The second-order valence-electron chi connectivity index (χ2n) is 8.55. The number of rotatable bonds is 3. The van der Waals surface area contributed by atoms with Crippen molar-refractivity contribution in [3.63, 3.8) is 0 Å². The van der Waals surface area contributed by atoms with Gasteiger partial charge in [0.1, 0.15) is 17.8 Å². The van der Waals surface area contributed by atoms with E-state index in [9.17, 15) is 4.79 Å². The van der Waals surface area contributed by atoms with E-state index in [1.165, 1.54) is 5.56 Å². The summed E-state index contributed by atoms with van der Waals surface area (Å²) in [6, 6.07) is 8.43. The van der Waals surface area contributed by atoms with Crippen molar-refractivity contribution in [2.45, 2.75) is 32.6 Å². The molecule has 4 rings (SSSR count). The molecule has 1 saturated heterocycles. The van der Waals surface area contributed by atoms with E-state index in [-0.39, 0.29) is 11.3 Å². The van der Waals surface area contributed by atoms with Crippen LogP contribution in [0.5, 0.6) is 0 Å². The van der Waals surface area contributed by atoms with Gasteiger partial charge >= 0.3 is 0 Å². The van der Waals surface area contributed by atoms with E-state index in [2.05, 4.69) is 80.8 Å². The molecule has 0 saturated carbocycles. The molecule has 1 aromatic carbocycles. The number of halogens is 1. The van der Waals surface area contributed by atoms with E-state index in [1.54, 1.807) is 6.33 Å². The highest BCUT2D eigenvalue weighted by molar-refractivity contribution is 9.10. The summed E-state index contributed by atoms with van der Waals surface area (Å²) in [4.78, 5) is 28.9. The van der Waals surface area contributed by atoms with Gasteiger partial charge in [0, 0.05) is 36.8 Å². The van der Waals surface area contributed by atoms with Gasteiger partial charge in [0.25, 0.3) is 0 Å². The number of anilines is 1. The molecule has 0 spiro atoms. The summed E-state index contributed by atoms with van der Waals surface area (Å²) < 4.78 is 0.959. The Morgan fingerprint density at radius 3 is 2.45 bits per heavy atom. The summed E-state index contributed by atoms with van der Waals surface area (Å²) in [5, 5.41) is 0.992. The molecule has 1 aliphatic heterocycles. The maximum absolute atomic E-state index is 12.8. The molecular weight excluding hydrogens is 430 g/mol. The minimum atomic E-state index is 0.125. The van der Waals surface area contributed by atoms with Crippen molar-refractivity contribution in [1.82, 2.24) is 19.9 Å². The molecule has 0 bridgehead atoms. The van der Waals surface area contributed by atoms with Gasteiger partial charge < -0.3 is 14.8 Å². The molecule has 0 unspecified atom stereocenters. The van der Waals surface area contributed by atoms with Gasteiger partial charge in [0.15, 0.2) is 0 Å². The fourth-order valence-corrected chi connectivity index (χ4v) is 4.21. The number of H-pyrrole nitrogens is 1. The maximum atomic E-state index is 12.8. The molecule has 2 aromatic heterocycles. The number of aromatic nitrogens is 3. The highest BCUT2D eigenvalue weighted by atomic mass is 79.9. The highest BCUT2D eigenvalue weighted by Gasteiger charge is 2.24. The van der Waals surface area contributed by atoms with Gasteiger partial charge in [-0.15, -0.1) is 0 Å². The monoisotopic (exact) mass is 455 g/mol. The Kier molecular flexibility index (Phi) is 5.34. The van der Waals surface area contributed by atoms with Gasteiger partial charge in [0.2, 0.25) is 5.91 Å². The van der Waals surface area contributed by atoms with Gasteiger partial charge in [0.05, 0.1) is 11.8 Å². The van der Waals surface area contributed by atoms with Crippen molar-refractivity contribution < 1.29 is 4.79 Å². The first-order valence-electron chi connectivity index (χ1n) is 9.92. The van der Waals surface area contributed by atoms with Crippen LogP contribution in [0.2, 0.25) is 0 Å². The number of nitrogens with one attached hydrogen (secondary N) is 1. The van der Waals surface area contributed by atoms with Crippen LogP contribution in [0.1, 0.15) is 31.9 Å². The summed E-state index contributed by atoms with van der Waals surface area (Å²) >= 11 is 3.57. The summed E-state index contributed by atoms with van der Waals surface area (Å²) in [6.07, 6.45) is 3.92. The van der Waals surface area contributed by atoms with Gasteiger partial charge in [-0.2, -0.15) is 0 Å². The predicted octanol–water partition coefficient (Wildman–Crippen LogP) is 3.91. The molecule has 1 fully saturated rings. The van der Waals surface area contributed by atoms with E-state index in [0.29, 0.717) is 19.5 Å². The number of nitrogens with zero attached hydrogens (tertiary/aromatic N) is 4. The zero-order valence-corrected chi connectivity index (χ0v) is 18.7. The topological polar surface area (TPSA) is 65.1 Å². The first-order chi connectivity index (χ1) is 13.8. The summed E-state index contributed by atoms with van der Waals surface area (Å²) in [5.41, 5.74) is 3.30. The average molecular weight is 456 g/mol. The predicted molar refractivity (Wildman–Crippen MR) is 119 cm³/mol. The summed E-state index contributed by atoms with van der Waals surface area (Å²) in [5.74, 6) is 1.09. The molecule has 3 aromatic rings. The van der Waals surface area contributed by atoms with Crippen molar-refractivity contribution in [3.05, 3.63) is 52.4 Å². The first kappa shape index (κ1) is 19.9. The number of piperazine rings is 1. The molecule has 3 heterocycles. The van der Waals surface area contributed by atoms with Crippen LogP contribution < -0.4 is 4.90 Å². The molecule has 1 N–H and O–H groups in total. The number of carbonyl (C=O) groups excluding carboxylic acids is 1. The van der Waals surface area contributed by atoms with Gasteiger partial charge in [-0.3, -0.25) is 4.79 Å². The lowest BCUT2D eigenvalue weighted by Gasteiger charge is -2.35. The van der Waals surface area contributed by atoms with Crippen molar-refractivity contribution in [1.29, 1.82) is 0 Å². The van der Waals surface area contributed by atoms with E-state index < -0.39 is 0 Å². The smallest absolute Gasteiger partial charge is 0.227 e. The van der Waals surface area contributed by atoms with Crippen LogP contribution in [0.3, 0.4) is 0 Å². The van der Waals surface area contributed by atoms with E-state index in [1.807, 2.05) is 11.1 Å². The number of hydrogen-bond donors (Lipinski definition) is 1. The van der Waals surface area contributed by atoms with Crippen molar-refractivity contribution in [3.8, 4) is 0 Å². The lowest BCUT2D eigenvalue weighted by atomic mass is 9.86. The Hall–Kier alpha value is -2.41. The summed E-state index contributed by atoms with van der Waals surface area (Å²) in [7, 11) is 0. The number of fused-ring (bicyclic) bond motifs is 1. The lowest BCUT2D eigenvalue weighted by Crippen LogP contribution is -2.49. The van der Waals surface area contributed by atoms with E-state index in [4.69, 9.17) is 0 Å². The molecule has 7 heteroatoms. The van der Waals surface area contributed by atoms with Gasteiger partial charge in [-0.25, -0.2) is 9.97 Å². The second-order valence-corrected chi connectivity index (χ2v) is 9.40. The average Bonchev–Trinajstić information content (AvgIpc) is 3.09. The van der Waals surface area contributed by atoms with Crippen LogP contribution in [0.4, 0.5) is 5.82 Å². The molecule has 29 heavy (non-hydrogen) atoms. The van der Waals surface area contributed by atoms with Crippen LogP contribution in [-0.2, 0) is 16.6 Å². The standard InChI is InChI=1S/C22H26BrN5O/c1-22(2,3)16-6-4-15(5-7-16)12-18(29)27-8-10-28(11-9-27)21-19-17(23)13-24-20(19)25-14-26-21/h4-7,13-14H,8-12H2,1-3H3,(H,24,25,26). The Bertz CT molecular complexity index is 1010. The largest absolute Gasteiger partial charge is 0.352 e. The van der Waals surface area contributed by atoms with Crippen LogP contribution in [-0.4, -0.2) is 51.9 Å². The van der Waals surface area contributed by atoms with Crippen molar-refractivity contribution in [2.75, 3.05) is 31.1 Å². The zero-order valence-electron chi connectivity index (χ0n) is 17.1. The highest BCUT2D eigenvalue weighted by Crippen LogP contribution is 2.30. The zero-order chi connectivity index (χ0) is 20.6. The lowest BCUT2D eigenvalue weighted by molar-refractivity contribution is -0.130. The van der Waals surface area contributed by atoms with E-state index in [0.717, 1.165) is 40.0 Å². The third kappa shape index (κ3) is 4.15. The third-order valence-electron chi connectivity index (χ3n) is 5.51. The van der Waals surface area contributed by atoms with Gasteiger partial charge in [-0.05, 0) is 32.5 Å². The number of carbonyl (C=O) groups is 1. The molecule has 0 atom stereocenters. The van der Waals surface area contributed by atoms with Crippen LogP contribution in [0.15, 0.2) is 41.3 Å². The second kappa shape index (κ2) is 7.78. The molecular formula is C22H26BrN5O.